The second-order valence-corrected chi connectivity index (χ2v) is 12.7. The van der Waals surface area contributed by atoms with Crippen LogP contribution in [0.1, 0.15) is 73.4 Å². The SMILES string of the molecule is CCSCC(CC1CCCCC1)OCc1ccc(C(=O)N[C@@H](CCSC)C(=O)OC)c(-c2ccccc2C)c1. The van der Waals surface area contributed by atoms with E-state index in [2.05, 4.69) is 31.3 Å². The highest BCUT2D eigenvalue weighted by Gasteiger charge is 2.24. The van der Waals surface area contributed by atoms with E-state index >= 15 is 0 Å². The molecule has 0 aromatic heterocycles. The molecule has 1 saturated carbocycles. The number of ether oxygens (including phenoxy) is 2. The highest BCUT2D eigenvalue weighted by atomic mass is 32.2. The molecule has 7 heteroatoms. The van der Waals surface area contributed by atoms with Gasteiger partial charge in [0.25, 0.3) is 5.91 Å². The summed E-state index contributed by atoms with van der Waals surface area (Å²) >= 11 is 3.58. The largest absolute Gasteiger partial charge is 0.467 e. The molecule has 0 radical (unpaired) electrons. The van der Waals surface area contributed by atoms with E-state index in [0.717, 1.165) is 51.9 Å². The molecule has 1 aliphatic carbocycles. The molecule has 1 N–H and O–H groups in total. The molecule has 0 bridgehead atoms. The average molecular weight is 572 g/mol. The molecule has 2 aromatic carbocycles. The van der Waals surface area contributed by atoms with Gasteiger partial charge in [0.15, 0.2) is 0 Å². The van der Waals surface area contributed by atoms with Gasteiger partial charge < -0.3 is 14.8 Å². The fraction of sp³-hybridized carbons (Fsp3) is 0.562. The lowest BCUT2D eigenvalue weighted by atomic mass is 9.85. The number of methoxy groups -OCH3 is 1. The van der Waals surface area contributed by atoms with Crippen LogP contribution in [0.25, 0.3) is 11.1 Å². The van der Waals surface area contributed by atoms with Gasteiger partial charge in [0.2, 0.25) is 0 Å². The molecule has 0 saturated heterocycles. The molecule has 2 aromatic rings. The summed E-state index contributed by atoms with van der Waals surface area (Å²) in [6.07, 6.45) is 10.6. The molecule has 1 amide bonds. The maximum Gasteiger partial charge on any atom is 0.328 e. The number of hydrogen-bond donors (Lipinski definition) is 1. The number of benzene rings is 2. The molecule has 2 atom stereocenters. The number of amides is 1. The monoisotopic (exact) mass is 571 g/mol. The van der Waals surface area contributed by atoms with Crippen LogP contribution < -0.4 is 5.32 Å². The van der Waals surface area contributed by atoms with E-state index in [1.54, 1.807) is 11.8 Å². The van der Waals surface area contributed by atoms with Gasteiger partial charge in [-0.25, -0.2) is 4.79 Å². The standard InChI is InChI=1S/C32H45NO4S2/c1-5-39-22-26(19-24-12-7-6-8-13-24)37-21-25-15-16-28(29(20-25)27-14-10-9-11-23(27)2)31(34)33-30(17-18-38-4)32(35)36-3/h9-11,14-16,20,24,26,30H,5-8,12-13,17-19,21-22H2,1-4H3,(H,33,34)/t26?,30-/m0/s1. The number of rotatable bonds is 15. The molecular weight excluding hydrogens is 526 g/mol. The van der Waals surface area contributed by atoms with E-state index < -0.39 is 12.0 Å². The zero-order chi connectivity index (χ0) is 28.0. The van der Waals surface area contributed by atoms with Crippen LogP contribution in [0.3, 0.4) is 0 Å². The summed E-state index contributed by atoms with van der Waals surface area (Å²) in [7, 11) is 1.36. The highest BCUT2D eigenvalue weighted by Crippen LogP contribution is 2.31. The Morgan fingerprint density at radius 3 is 2.54 bits per heavy atom. The Bertz CT molecular complexity index is 1050. The lowest BCUT2D eigenvalue weighted by Gasteiger charge is -2.26. The topological polar surface area (TPSA) is 64.6 Å². The van der Waals surface area contributed by atoms with Crippen molar-refractivity contribution >= 4 is 35.4 Å². The molecule has 0 heterocycles. The van der Waals surface area contributed by atoms with Crippen molar-refractivity contribution in [3.05, 3.63) is 59.2 Å². The van der Waals surface area contributed by atoms with Crippen molar-refractivity contribution < 1.29 is 19.1 Å². The zero-order valence-corrected chi connectivity index (χ0v) is 25.6. The van der Waals surface area contributed by atoms with E-state index in [9.17, 15) is 9.59 Å². The third-order valence-corrected chi connectivity index (χ3v) is 9.14. The minimum Gasteiger partial charge on any atom is -0.467 e. The Morgan fingerprint density at radius 2 is 1.85 bits per heavy atom. The lowest BCUT2D eigenvalue weighted by Crippen LogP contribution is -2.42. The van der Waals surface area contributed by atoms with Gasteiger partial charge in [-0.3, -0.25) is 4.79 Å². The fourth-order valence-electron chi connectivity index (χ4n) is 5.28. The molecule has 1 fully saturated rings. The van der Waals surface area contributed by atoms with Crippen molar-refractivity contribution in [2.75, 3.05) is 30.6 Å². The van der Waals surface area contributed by atoms with Gasteiger partial charge in [-0.15, -0.1) is 0 Å². The Labute approximate surface area is 243 Å². The molecule has 0 aliphatic heterocycles. The maximum absolute atomic E-state index is 13.5. The Morgan fingerprint density at radius 1 is 1.08 bits per heavy atom. The van der Waals surface area contributed by atoms with Crippen molar-refractivity contribution in [1.29, 1.82) is 0 Å². The first-order valence-corrected chi connectivity index (χ1v) is 16.8. The number of esters is 1. The normalized spacial score (nSPS) is 15.5. The molecule has 3 rings (SSSR count). The summed E-state index contributed by atoms with van der Waals surface area (Å²) in [4.78, 5) is 25.9. The first-order valence-electron chi connectivity index (χ1n) is 14.2. The molecule has 1 aliphatic rings. The van der Waals surface area contributed by atoms with Gasteiger partial charge in [0.1, 0.15) is 6.04 Å². The molecule has 5 nitrogen and oxygen atoms in total. The van der Waals surface area contributed by atoms with Gasteiger partial charge in [0, 0.05) is 11.3 Å². The van der Waals surface area contributed by atoms with Crippen molar-refractivity contribution in [1.82, 2.24) is 5.32 Å². The van der Waals surface area contributed by atoms with Crippen LogP contribution in [0.4, 0.5) is 0 Å². The minimum atomic E-state index is -0.681. The number of aryl methyl sites for hydroxylation is 1. The second kappa shape index (κ2) is 17.0. The lowest BCUT2D eigenvalue weighted by molar-refractivity contribution is -0.142. The third kappa shape index (κ3) is 9.87. The van der Waals surface area contributed by atoms with Crippen molar-refractivity contribution in [3.8, 4) is 11.1 Å². The van der Waals surface area contributed by atoms with Gasteiger partial charge in [-0.2, -0.15) is 23.5 Å². The summed E-state index contributed by atoms with van der Waals surface area (Å²) < 4.78 is 11.5. The number of hydrogen-bond acceptors (Lipinski definition) is 6. The van der Waals surface area contributed by atoms with Crippen LogP contribution in [-0.2, 0) is 20.9 Å². The number of carbonyl (C=O) groups excluding carboxylic acids is 2. The summed E-state index contributed by atoms with van der Waals surface area (Å²) in [6, 6.07) is 13.3. The predicted octanol–water partition coefficient (Wildman–Crippen LogP) is 7.30. The van der Waals surface area contributed by atoms with Crippen LogP contribution in [0.5, 0.6) is 0 Å². The van der Waals surface area contributed by atoms with Crippen molar-refractivity contribution in [2.45, 2.75) is 77.5 Å². The van der Waals surface area contributed by atoms with E-state index in [1.165, 1.54) is 39.2 Å². The van der Waals surface area contributed by atoms with Gasteiger partial charge in [-0.1, -0.05) is 69.4 Å². The predicted molar refractivity (Wildman–Crippen MR) is 166 cm³/mol. The van der Waals surface area contributed by atoms with Crippen molar-refractivity contribution in [3.63, 3.8) is 0 Å². The van der Waals surface area contributed by atoms with Crippen LogP contribution in [0.15, 0.2) is 42.5 Å². The molecule has 1 unspecified atom stereocenters. The minimum absolute atomic E-state index is 0.236. The van der Waals surface area contributed by atoms with E-state index in [0.29, 0.717) is 18.6 Å². The first-order chi connectivity index (χ1) is 19.0. The molecule has 39 heavy (non-hydrogen) atoms. The number of nitrogens with one attached hydrogen (secondary N) is 1. The van der Waals surface area contributed by atoms with Crippen LogP contribution in [-0.4, -0.2) is 54.6 Å². The summed E-state index contributed by atoms with van der Waals surface area (Å²) in [6.45, 7) is 4.77. The molecular formula is C32H45NO4S2. The second-order valence-electron chi connectivity index (χ2n) is 10.4. The quantitative estimate of drug-likeness (QED) is 0.226. The Balaban J connectivity index is 1.83. The van der Waals surface area contributed by atoms with E-state index in [4.69, 9.17) is 9.47 Å². The van der Waals surface area contributed by atoms with Gasteiger partial charge in [0.05, 0.1) is 19.8 Å². The highest BCUT2D eigenvalue weighted by molar-refractivity contribution is 7.99. The molecule has 0 spiro atoms. The maximum atomic E-state index is 13.5. The Hall–Kier alpha value is -1.96. The fourth-order valence-corrected chi connectivity index (χ4v) is 6.48. The van der Waals surface area contributed by atoms with Gasteiger partial charge >= 0.3 is 5.97 Å². The van der Waals surface area contributed by atoms with Crippen LogP contribution in [0.2, 0.25) is 0 Å². The zero-order valence-electron chi connectivity index (χ0n) is 24.0. The van der Waals surface area contributed by atoms with E-state index in [-0.39, 0.29) is 12.0 Å². The third-order valence-electron chi connectivity index (χ3n) is 7.48. The van der Waals surface area contributed by atoms with Crippen molar-refractivity contribution in [2.24, 2.45) is 5.92 Å². The Kier molecular flexibility index (Phi) is 13.7. The summed E-state index contributed by atoms with van der Waals surface area (Å²) in [5.41, 5.74) is 4.54. The number of carbonyl (C=O) groups is 2. The molecule has 214 valence electrons. The van der Waals surface area contributed by atoms with Crippen LogP contribution >= 0.6 is 23.5 Å². The van der Waals surface area contributed by atoms with E-state index in [1.807, 2.05) is 48.3 Å². The summed E-state index contributed by atoms with van der Waals surface area (Å²) in [5, 5.41) is 2.93. The first kappa shape index (κ1) is 31.6. The average Bonchev–Trinajstić information content (AvgIpc) is 2.96. The van der Waals surface area contributed by atoms with Gasteiger partial charge in [-0.05, 0) is 77.8 Å². The number of thioether (sulfide) groups is 2. The smallest absolute Gasteiger partial charge is 0.328 e. The van der Waals surface area contributed by atoms with Crippen LogP contribution in [0, 0.1) is 12.8 Å². The summed E-state index contributed by atoms with van der Waals surface area (Å²) in [5.74, 6) is 2.93.